The Kier molecular flexibility index (Phi) is 6.28. The van der Waals surface area contributed by atoms with Gasteiger partial charge in [0.2, 0.25) is 0 Å². The molecule has 2 aromatic rings. The molecule has 2 aromatic carbocycles. The quantitative estimate of drug-likeness (QED) is 0.778. The molecule has 0 saturated carbocycles. The van der Waals surface area contributed by atoms with Crippen LogP contribution in [0.2, 0.25) is 0 Å². The van der Waals surface area contributed by atoms with Gasteiger partial charge in [0.25, 0.3) is 0 Å². The van der Waals surface area contributed by atoms with Gasteiger partial charge in [-0.25, -0.2) is 4.79 Å². The van der Waals surface area contributed by atoms with E-state index in [1.54, 1.807) is 0 Å². The Labute approximate surface area is 169 Å². The van der Waals surface area contributed by atoms with Gasteiger partial charge in [-0.05, 0) is 48.4 Å². The largest absolute Gasteiger partial charge is 0.368 e. The first-order chi connectivity index (χ1) is 13.4. The van der Waals surface area contributed by atoms with Crippen LogP contribution in [0.1, 0.15) is 48.9 Å². The molecule has 0 bridgehead atoms. The lowest BCUT2D eigenvalue weighted by Crippen LogP contribution is -2.50. The second-order valence-corrected chi connectivity index (χ2v) is 8.03. The number of para-hydroxylation sites is 2. The van der Waals surface area contributed by atoms with Gasteiger partial charge < -0.3 is 15.1 Å². The van der Waals surface area contributed by atoms with E-state index in [9.17, 15) is 4.79 Å². The Bertz CT molecular complexity index is 815. The smallest absolute Gasteiger partial charge is 0.321 e. The van der Waals surface area contributed by atoms with Gasteiger partial charge >= 0.3 is 6.03 Å². The van der Waals surface area contributed by atoms with E-state index < -0.39 is 0 Å². The van der Waals surface area contributed by atoms with Gasteiger partial charge in [-0.3, -0.25) is 0 Å². The average Bonchev–Trinajstić information content (AvgIpc) is 2.68. The Morgan fingerprint density at radius 3 is 2.18 bits per heavy atom. The number of nitrogens with one attached hydrogen (secondary N) is 1. The van der Waals surface area contributed by atoms with Crippen molar-refractivity contribution in [3.63, 3.8) is 0 Å². The molecule has 0 aliphatic carbocycles. The molecule has 1 aliphatic rings. The Hall–Kier alpha value is -2.49. The van der Waals surface area contributed by atoms with Crippen LogP contribution < -0.4 is 10.2 Å². The van der Waals surface area contributed by atoms with Crippen LogP contribution >= 0.6 is 0 Å². The average molecular weight is 380 g/mol. The molecule has 4 nitrogen and oxygen atoms in total. The number of amides is 2. The highest BCUT2D eigenvalue weighted by Gasteiger charge is 2.24. The number of hydrogen-bond acceptors (Lipinski definition) is 2. The summed E-state index contributed by atoms with van der Waals surface area (Å²) >= 11 is 0. The van der Waals surface area contributed by atoms with Crippen molar-refractivity contribution in [2.75, 3.05) is 36.4 Å². The number of aryl methyl sites for hydroxylation is 3. The SMILES string of the molecule is CCc1cccc(C(C)C)c1NC(=O)N1CCN(c2c(C)cccc2C)CC1. The molecule has 0 atom stereocenters. The monoisotopic (exact) mass is 379 g/mol. The van der Waals surface area contributed by atoms with Crippen LogP contribution in [0.4, 0.5) is 16.2 Å². The summed E-state index contributed by atoms with van der Waals surface area (Å²) in [5, 5.41) is 3.23. The third kappa shape index (κ3) is 4.16. The lowest BCUT2D eigenvalue weighted by atomic mass is 9.96. The number of benzene rings is 2. The van der Waals surface area contributed by atoms with Crippen LogP contribution in [0.3, 0.4) is 0 Å². The van der Waals surface area contributed by atoms with Crippen molar-refractivity contribution in [2.45, 2.75) is 47.0 Å². The van der Waals surface area contributed by atoms with Gasteiger partial charge in [-0.1, -0.05) is 57.2 Å². The fraction of sp³-hybridized carbons (Fsp3) is 0.458. The molecule has 1 N–H and O–H groups in total. The first kappa shape index (κ1) is 20.2. The summed E-state index contributed by atoms with van der Waals surface area (Å²) in [7, 11) is 0. The van der Waals surface area contributed by atoms with Crippen LogP contribution in [0.5, 0.6) is 0 Å². The number of nitrogens with zero attached hydrogens (tertiary/aromatic N) is 2. The van der Waals surface area contributed by atoms with Crippen LogP contribution in [0.15, 0.2) is 36.4 Å². The van der Waals surface area contributed by atoms with Gasteiger partial charge in [0.15, 0.2) is 0 Å². The number of rotatable bonds is 4. The number of carbonyl (C=O) groups is 1. The third-order valence-corrected chi connectivity index (χ3v) is 5.74. The molecule has 1 heterocycles. The highest BCUT2D eigenvalue weighted by atomic mass is 16.2. The fourth-order valence-corrected chi connectivity index (χ4v) is 4.17. The zero-order valence-electron chi connectivity index (χ0n) is 17.9. The summed E-state index contributed by atoms with van der Waals surface area (Å²) in [6, 6.07) is 12.8. The Morgan fingerprint density at radius 2 is 1.61 bits per heavy atom. The van der Waals surface area contributed by atoms with Crippen molar-refractivity contribution < 1.29 is 4.79 Å². The summed E-state index contributed by atoms with van der Waals surface area (Å²) in [5.41, 5.74) is 7.34. The van der Waals surface area contributed by atoms with E-state index in [2.05, 4.69) is 81.2 Å². The number of urea groups is 1. The minimum absolute atomic E-state index is 0.0176. The second-order valence-electron chi connectivity index (χ2n) is 8.03. The number of hydrogen-bond donors (Lipinski definition) is 1. The van der Waals surface area contributed by atoms with E-state index in [1.807, 2.05) is 4.90 Å². The topological polar surface area (TPSA) is 35.6 Å². The van der Waals surface area contributed by atoms with Crippen LogP contribution in [-0.4, -0.2) is 37.1 Å². The van der Waals surface area contributed by atoms with Gasteiger partial charge in [0.05, 0.1) is 0 Å². The highest BCUT2D eigenvalue weighted by molar-refractivity contribution is 5.91. The van der Waals surface area contributed by atoms with E-state index in [4.69, 9.17) is 0 Å². The van der Waals surface area contributed by atoms with Gasteiger partial charge in [-0.15, -0.1) is 0 Å². The standard InChI is InChI=1S/C24H33N3O/c1-6-20-11-8-12-21(17(2)3)22(20)25-24(28)27-15-13-26(14-16-27)23-18(4)9-7-10-19(23)5/h7-12,17H,6,13-16H2,1-5H3,(H,25,28). The van der Waals surface area contributed by atoms with Crippen molar-refractivity contribution >= 4 is 17.4 Å². The van der Waals surface area contributed by atoms with Crippen LogP contribution in [-0.2, 0) is 6.42 Å². The number of anilines is 2. The van der Waals surface area contributed by atoms with E-state index in [0.29, 0.717) is 5.92 Å². The number of carbonyl (C=O) groups excluding carboxylic acids is 1. The summed E-state index contributed by atoms with van der Waals surface area (Å²) in [6.45, 7) is 14.0. The molecule has 0 spiro atoms. The zero-order chi connectivity index (χ0) is 20.3. The predicted molar refractivity (Wildman–Crippen MR) is 119 cm³/mol. The maximum atomic E-state index is 13.0. The zero-order valence-corrected chi connectivity index (χ0v) is 17.9. The molecular weight excluding hydrogens is 346 g/mol. The van der Waals surface area contributed by atoms with Crippen LogP contribution in [0, 0.1) is 13.8 Å². The molecule has 3 rings (SSSR count). The highest BCUT2D eigenvalue weighted by Crippen LogP contribution is 2.29. The Balaban J connectivity index is 1.70. The summed E-state index contributed by atoms with van der Waals surface area (Å²) < 4.78 is 0. The van der Waals surface area contributed by atoms with Crippen LogP contribution in [0.25, 0.3) is 0 Å². The van der Waals surface area contributed by atoms with E-state index in [-0.39, 0.29) is 6.03 Å². The molecule has 0 unspecified atom stereocenters. The molecule has 4 heteroatoms. The van der Waals surface area contributed by atoms with Crippen molar-refractivity contribution in [1.29, 1.82) is 0 Å². The minimum atomic E-state index is 0.0176. The lowest BCUT2D eigenvalue weighted by Gasteiger charge is -2.37. The maximum absolute atomic E-state index is 13.0. The van der Waals surface area contributed by atoms with E-state index >= 15 is 0 Å². The molecule has 1 fully saturated rings. The summed E-state index contributed by atoms with van der Waals surface area (Å²) in [6.07, 6.45) is 0.913. The lowest BCUT2D eigenvalue weighted by molar-refractivity contribution is 0.208. The van der Waals surface area contributed by atoms with E-state index in [1.165, 1.54) is 27.9 Å². The molecule has 2 amide bonds. The third-order valence-electron chi connectivity index (χ3n) is 5.74. The first-order valence-electron chi connectivity index (χ1n) is 10.4. The molecule has 1 aliphatic heterocycles. The molecule has 150 valence electrons. The molecule has 0 radical (unpaired) electrons. The predicted octanol–water partition coefficient (Wildman–Crippen LogP) is 5.34. The summed E-state index contributed by atoms with van der Waals surface area (Å²) in [5.74, 6) is 0.377. The fourth-order valence-electron chi connectivity index (χ4n) is 4.17. The number of piperazine rings is 1. The van der Waals surface area contributed by atoms with Gasteiger partial charge in [0.1, 0.15) is 0 Å². The molecular formula is C24H33N3O. The van der Waals surface area contributed by atoms with Crippen molar-refractivity contribution in [3.05, 3.63) is 58.7 Å². The molecule has 0 aromatic heterocycles. The van der Waals surface area contributed by atoms with Gasteiger partial charge in [0, 0.05) is 37.6 Å². The van der Waals surface area contributed by atoms with Crippen molar-refractivity contribution in [1.82, 2.24) is 4.90 Å². The first-order valence-corrected chi connectivity index (χ1v) is 10.4. The van der Waals surface area contributed by atoms with Crippen molar-refractivity contribution in [2.24, 2.45) is 0 Å². The molecule has 1 saturated heterocycles. The van der Waals surface area contributed by atoms with Gasteiger partial charge in [-0.2, -0.15) is 0 Å². The summed E-state index contributed by atoms with van der Waals surface area (Å²) in [4.78, 5) is 17.3. The normalized spacial score (nSPS) is 14.5. The minimum Gasteiger partial charge on any atom is -0.368 e. The Morgan fingerprint density at radius 1 is 1.00 bits per heavy atom. The van der Waals surface area contributed by atoms with Crippen molar-refractivity contribution in [3.8, 4) is 0 Å². The maximum Gasteiger partial charge on any atom is 0.321 e. The molecule has 28 heavy (non-hydrogen) atoms. The second kappa shape index (κ2) is 8.68. The van der Waals surface area contributed by atoms with E-state index in [0.717, 1.165) is 38.3 Å².